The summed E-state index contributed by atoms with van der Waals surface area (Å²) in [4.78, 5) is 0. The molecule has 0 radical (unpaired) electrons. The second kappa shape index (κ2) is 5.94. The van der Waals surface area contributed by atoms with E-state index in [1.807, 2.05) is 0 Å². The van der Waals surface area contributed by atoms with Gasteiger partial charge in [0, 0.05) is 5.54 Å². The van der Waals surface area contributed by atoms with Crippen molar-refractivity contribution in [2.75, 3.05) is 6.54 Å². The molecular formula is C17H33N. The monoisotopic (exact) mass is 251 g/mol. The van der Waals surface area contributed by atoms with Crippen LogP contribution in [0, 0.1) is 23.7 Å². The Hall–Kier alpha value is -0.0400. The summed E-state index contributed by atoms with van der Waals surface area (Å²) in [6, 6.07) is 0. The van der Waals surface area contributed by atoms with Crippen LogP contribution in [-0.4, -0.2) is 12.1 Å². The van der Waals surface area contributed by atoms with Crippen molar-refractivity contribution in [2.24, 2.45) is 23.7 Å². The van der Waals surface area contributed by atoms with Gasteiger partial charge in [0.05, 0.1) is 0 Å². The van der Waals surface area contributed by atoms with E-state index in [2.05, 4.69) is 33.0 Å². The number of hydrogen-bond donors (Lipinski definition) is 1. The van der Waals surface area contributed by atoms with Crippen LogP contribution in [0.15, 0.2) is 0 Å². The average molecular weight is 251 g/mol. The molecule has 1 aliphatic carbocycles. The van der Waals surface area contributed by atoms with Crippen LogP contribution in [0.3, 0.4) is 0 Å². The van der Waals surface area contributed by atoms with Crippen molar-refractivity contribution in [1.82, 2.24) is 5.32 Å². The molecule has 1 heterocycles. The molecule has 1 N–H and O–H groups in total. The summed E-state index contributed by atoms with van der Waals surface area (Å²) in [6.45, 7) is 11.1. The summed E-state index contributed by atoms with van der Waals surface area (Å²) in [7, 11) is 0. The Balaban J connectivity index is 2.17. The minimum Gasteiger partial charge on any atom is -0.311 e. The molecule has 0 aromatic carbocycles. The Kier molecular flexibility index (Phi) is 4.75. The standard InChI is InChI=1S/C17H33N/c1-13(2)17(8-6-5-7-9-18-17)16-11-14(3)10-15(4)12-16/h13-16,18H,5-12H2,1-4H3. The molecule has 1 heteroatoms. The summed E-state index contributed by atoms with van der Waals surface area (Å²) in [6.07, 6.45) is 10.0. The molecule has 3 unspecified atom stereocenters. The van der Waals surface area contributed by atoms with Crippen LogP contribution < -0.4 is 5.32 Å². The molecule has 1 nitrogen and oxygen atoms in total. The molecule has 1 saturated carbocycles. The van der Waals surface area contributed by atoms with E-state index in [9.17, 15) is 0 Å². The highest BCUT2D eigenvalue weighted by atomic mass is 15.0. The largest absolute Gasteiger partial charge is 0.311 e. The fourth-order valence-corrected chi connectivity index (χ4v) is 4.81. The first-order valence-corrected chi connectivity index (χ1v) is 8.29. The first-order valence-electron chi connectivity index (χ1n) is 8.29. The van der Waals surface area contributed by atoms with Crippen molar-refractivity contribution in [1.29, 1.82) is 0 Å². The Morgan fingerprint density at radius 2 is 1.61 bits per heavy atom. The maximum Gasteiger partial charge on any atom is 0.0232 e. The molecule has 2 aliphatic rings. The Labute approximate surface area is 114 Å². The van der Waals surface area contributed by atoms with Gasteiger partial charge < -0.3 is 5.32 Å². The Bertz CT molecular complexity index is 240. The minimum absolute atomic E-state index is 0.444. The van der Waals surface area contributed by atoms with Crippen LogP contribution in [0.25, 0.3) is 0 Å². The van der Waals surface area contributed by atoms with E-state index in [0.717, 1.165) is 23.7 Å². The van der Waals surface area contributed by atoms with Gasteiger partial charge in [0.2, 0.25) is 0 Å². The lowest BCUT2D eigenvalue weighted by Crippen LogP contribution is -2.56. The maximum atomic E-state index is 4.01. The smallest absolute Gasteiger partial charge is 0.0232 e. The van der Waals surface area contributed by atoms with Crippen LogP contribution in [0.5, 0.6) is 0 Å². The first kappa shape index (κ1) is 14.4. The van der Waals surface area contributed by atoms with Crippen molar-refractivity contribution in [3.63, 3.8) is 0 Å². The number of hydrogen-bond acceptors (Lipinski definition) is 1. The predicted molar refractivity (Wildman–Crippen MR) is 79.7 cm³/mol. The summed E-state index contributed by atoms with van der Waals surface area (Å²) < 4.78 is 0. The maximum absolute atomic E-state index is 4.01. The molecule has 18 heavy (non-hydrogen) atoms. The van der Waals surface area contributed by atoms with Gasteiger partial charge in [-0.3, -0.25) is 0 Å². The van der Waals surface area contributed by atoms with E-state index in [-0.39, 0.29) is 0 Å². The Morgan fingerprint density at radius 1 is 0.944 bits per heavy atom. The highest BCUT2D eigenvalue weighted by Crippen LogP contribution is 2.44. The van der Waals surface area contributed by atoms with Crippen molar-refractivity contribution >= 4 is 0 Å². The normalized spacial score (nSPS) is 42.8. The molecule has 106 valence electrons. The third-order valence-electron chi connectivity index (χ3n) is 5.66. The van der Waals surface area contributed by atoms with E-state index >= 15 is 0 Å². The zero-order valence-electron chi connectivity index (χ0n) is 13.0. The van der Waals surface area contributed by atoms with E-state index in [0.29, 0.717) is 5.54 Å². The van der Waals surface area contributed by atoms with Gasteiger partial charge in [-0.25, -0.2) is 0 Å². The fraction of sp³-hybridized carbons (Fsp3) is 1.00. The summed E-state index contributed by atoms with van der Waals surface area (Å²) in [5.74, 6) is 3.55. The van der Waals surface area contributed by atoms with Gasteiger partial charge >= 0.3 is 0 Å². The topological polar surface area (TPSA) is 12.0 Å². The van der Waals surface area contributed by atoms with Gasteiger partial charge in [-0.2, -0.15) is 0 Å². The molecule has 0 aromatic heterocycles. The summed E-state index contributed by atoms with van der Waals surface area (Å²) >= 11 is 0. The van der Waals surface area contributed by atoms with Gasteiger partial charge in [0.1, 0.15) is 0 Å². The van der Waals surface area contributed by atoms with Gasteiger partial charge in [-0.15, -0.1) is 0 Å². The van der Waals surface area contributed by atoms with E-state index < -0.39 is 0 Å². The lowest BCUT2D eigenvalue weighted by atomic mass is 9.63. The summed E-state index contributed by atoms with van der Waals surface area (Å²) in [5, 5.41) is 4.01. The van der Waals surface area contributed by atoms with Crippen molar-refractivity contribution in [2.45, 2.75) is 78.2 Å². The molecule has 0 aromatic rings. The van der Waals surface area contributed by atoms with Gasteiger partial charge in [-0.1, -0.05) is 40.5 Å². The second-order valence-corrected chi connectivity index (χ2v) is 7.55. The third-order valence-corrected chi connectivity index (χ3v) is 5.66. The lowest BCUT2D eigenvalue weighted by molar-refractivity contribution is 0.0664. The first-order chi connectivity index (χ1) is 8.54. The molecule has 0 spiro atoms. The highest BCUT2D eigenvalue weighted by molar-refractivity contribution is 5.00. The average Bonchev–Trinajstić information content (AvgIpc) is 2.53. The van der Waals surface area contributed by atoms with Crippen LogP contribution >= 0.6 is 0 Å². The van der Waals surface area contributed by atoms with E-state index in [1.54, 1.807) is 0 Å². The zero-order valence-corrected chi connectivity index (χ0v) is 13.0. The van der Waals surface area contributed by atoms with E-state index in [4.69, 9.17) is 0 Å². The molecule has 0 bridgehead atoms. The van der Waals surface area contributed by atoms with Crippen LogP contribution in [0.1, 0.15) is 72.6 Å². The molecule has 0 amide bonds. The molecular weight excluding hydrogens is 218 g/mol. The van der Waals surface area contributed by atoms with E-state index in [1.165, 1.54) is 51.5 Å². The van der Waals surface area contributed by atoms with Crippen molar-refractivity contribution in [3.05, 3.63) is 0 Å². The van der Waals surface area contributed by atoms with Gasteiger partial charge in [-0.05, 0) is 62.3 Å². The summed E-state index contributed by atoms with van der Waals surface area (Å²) in [5.41, 5.74) is 0.444. The molecule has 1 aliphatic heterocycles. The van der Waals surface area contributed by atoms with Gasteiger partial charge in [0.15, 0.2) is 0 Å². The fourth-order valence-electron chi connectivity index (χ4n) is 4.81. The zero-order chi connectivity index (χ0) is 13.2. The minimum atomic E-state index is 0.444. The quantitative estimate of drug-likeness (QED) is 0.755. The van der Waals surface area contributed by atoms with Crippen LogP contribution in [0.2, 0.25) is 0 Å². The van der Waals surface area contributed by atoms with Gasteiger partial charge in [0.25, 0.3) is 0 Å². The molecule has 3 atom stereocenters. The molecule has 2 rings (SSSR count). The molecule has 1 saturated heterocycles. The second-order valence-electron chi connectivity index (χ2n) is 7.55. The van der Waals surface area contributed by atoms with Crippen molar-refractivity contribution in [3.8, 4) is 0 Å². The Morgan fingerprint density at radius 3 is 2.22 bits per heavy atom. The SMILES string of the molecule is CC1CC(C)CC(C2(C(C)C)CCCCCN2)C1. The van der Waals surface area contributed by atoms with Crippen molar-refractivity contribution < 1.29 is 0 Å². The molecule has 2 fully saturated rings. The van der Waals surface area contributed by atoms with Crippen LogP contribution in [0.4, 0.5) is 0 Å². The number of nitrogens with one attached hydrogen (secondary N) is 1. The highest BCUT2D eigenvalue weighted by Gasteiger charge is 2.43. The predicted octanol–water partition coefficient (Wildman–Crippen LogP) is 4.62. The lowest BCUT2D eigenvalue weighted by Gasteiger charge is -2.49. The number of rotatable bonds is 2. The van der Waals surface area contributed by atoms with Crippen LogP contribution in [-0.2, 0) is 0 Å². The third kappa shape index (κ3) is 2.92.